The number of likely N-dealkylation sites (tertiary alicyclic amines) is 1. The highest BCUT2D eigenvalue weighted by Gasteiger charge is 2.36. The Bertz CT molecular complexity index is 1280. The molecule has 2 aliphatic heterocycles. The van der Waals surface area contributed by atoms with Gasteiger partial charge in [-0.15, -0.1) is 15.3 Å². The van der Waals surface area contributed by atoms with Gasteiger partial charge in [0.05, 0.1) is 32.0 Å². The van der Waals surface area contributed by atoms with Crippen LogP contribution in [0.15, 0.2) is 59.1 Å². The quantitative estimate of drug-likeness (QED) is 0.412. The minimum Gasteiger partial charge on any atom is -0.415 e. The Morgan fingerprint density at radius 1 is 0.971 bits per heavy atom. The fourth-order valence-corrected chi connectivity index (χ4v) is 4.29. The zero-order chi connectivity index (χ0) is 23.1. The molecule has 0 saturated carbocycles. The van der Waals surface area contributed by atoms with Gasteiger partial charge in [0, 0.05) is 30.1 Å². The minimum atomic E-state index is -2.78. The van der Waals surface area contributed by atoms with Crippen molar-refractivity contribution in [2.45, 2.75) is 24.9 Å². The van der Waals surface area contributed by atoms with Gasteiger partial charge in [-0.2, -0.15) is 8.78 Å². The number of hydrogen-bond acceptors (Lipinski definition) is 7. The lowest BCUT2D eigenvalue weighted by Gasteiger charge is -2.47. The molecule has 0 radical (unpaired) electrons. The molecule has 174 valence electrons. The third-order valence-corrected chi connectivity index (χ3v) is 6.41. The van der Waals surface area contributed by atoms with Gasteiger partial charge >= 0.3 is 6.43 Å². The zero-order valence-electron chi connectivity index (χ0n) is 18.2. The van der Waals surface area contributed by atoms with Crippen LogP contribution < -0.4 is 0 Å². The molecule has 2 aromatic heterocycles. The van der Waals surface area contributed by atoms with Gasteiger partial charge in [-0.1, -0.05) is 35.5 Å². The van der Waals surface area contributed by atoms with E-state index < -0.39 is 12.3 Å². The summed E-state index contributed by atoms with van der Waals surface area (Å²) in [6, 6.07) is 16.4. The molecule has 0 amide bonds. The highest BCUT2D eigenvalue weighted by atomic mass is 19.3. The molecule has 2 aliphatic rings. The molecule has 0 atom stereocenters. The topological polar surface area (TPSA) is 82.1 Å². The minimum absolute atomic E-state index is 0.0698. The van der Waals surface area contributed by atoms with Gasteiger partial charge in [0.15, 0.2) is 0 Å². The molecule has 4 heterocycles. The normalized spacial score (nSPS) is 17.1. The molecule has 0 aliphatic carbocycles. The summed E-state index contributed by atoms with van der Waals surface area (Å²) in [4.78, 5) is 2.48. The van der Waals surface area contributed by atoms with Crippen molar-refractivity contribution < 1.29 is 17.9 Å². The fourth-order valence-electron chi connectivity index (χ4n) is 4.29. The van der Waals surface area contributed by atoms with Crippen molar-refractivity contribution in [2.75, 3.05) is 26.3 Å². The Labute approximate surface area is 194 Å². The highest BCUT2D eigenvalue weighted by molar-refractivity contribution is 5.59. The highest BCUT2D eigenvalue weighted by Crippen LogP contribution is 2.32. The molecule has 2 aromatic carbocycles. The second-order valence-electron chi connectivity index (χ2n) is 8.71. The first-order valence-corrected chi connectivity index (χ1v) is 11.2. The first-order chi connectivity index (χ1) is 16.6. The fraction of sp³-hybridized carbons (Fsp3) is 0.333. The SMILES string of the molecule is FC(F)c1nnc(-c2ccc(Cn3cc(-c4cccc(C5CN(C6COC6)C5)c4)nn3)cc2)o1. The van der Waals surface area contributed by atoms with Gasteiger partial charge in [0.2, 0.25) is 5.89 Å². The van der Waals surface area contributed by atoms with Crippen LogP contribution in [0.5, 0.6) is 0 Å². The maximum Gasteiger partial charge on any atom is 0.314 e. The van der Waals surface area contributed by atoms with Crippen molar-refractivity contribution in [3.05, 3.63) is 71.7 Å². The lowest BCUT2D eigenvalue weighted by Crippen LogP contribution is -2.58. The molecule has 10 heteroatoms. The molecule has 0 bridgehead atoms. The van der Waals surface area contributed by atoms with Gasteiger partial charge in [-0.25, -0.2) is 4.68 Å². The van der Waals surface area contributed by atoms with Gasteiger partial charge in [-0.3, -0.25) is 4.90 Å². The van der Waals surface area contributed by atoms with E-state index in [-0.39, 0.29) is 5.89 Å². The first kappa shape index (κ1) is 21.1. The molecule has 8 nitrogen and oxygen atoms in total. The lowest BCUT2D eigenvalue weighted by molar-refractivity contribution is -0.0906. The number of rotatable bonds is 7. The van der Waals surface area contributed by atoms with Crippen LogP contribution in [0.2, 0.25) is 0 Å². The number of halogens is 2. The van der Waals surface area contributed by atoms with Crippen LogP contribution >= 0.6 is 0 Å². The third-order valence-electron chi connectivity index (χ3n) is 6.41. The Morgan fingerprint density at radius 3 is 2.50 bits per heavy atom. The largest absolute Gasteiger partial charge is 0.415 e. The number of benzene rings is 2. The first-order valence-electron chi connectivity index (χ1n) is 11.2. The smallest absolute Gasteiger partial charge is 0.314 e. The number of hydrogen-bond donors (Lipinski definition) is 0. The van der Waals surface area contributed by atoms with Gasteiger partial charge in [0.1, 0.15) is 5.69 Å². The number of nitrogens with zero attached hydrogens (tertiary/aromatic N) is 6. The zero-order valence-corrected chi connectivity index (χ0v) is 18.2. The molecular formula is C24H22F2N6O2. The number of alkyl halides is 2. The van der Waals surface area contributed by atoms with E-state index in [1.807, 2.05) is 18.3 Å². The van der Waals surface area contributed by atoms with E-state index in [9.17, 15) is 8.78 Å². The van der Waals surface area contributed by atoms with Crippen molar-refractivity contribution in [1.29, 1.82) is 0 Å². The Kier molecular flexibility index (Phi) is 5.39. The van der Waals surface area contributed by atoms with E-state index in [0.29, 0.717) is 24.1 Å². The maximum atomic E-state index is 12.7. The summed E-state index contributed by atoms with van der Waals surface area (Å²) >= 11 is 0. The van der Waals surface area contributed by atoms with Gasteiger partial charge < -0.3 is 9.15 Å². The van der Waals surface area contributed by atoms with E-state index in [1.54, 1.807) is 16.8 Å². The molecule has 4 aromatic rings. The van der Waals surface area contributed by atoms with Crippen LogP contribution in [0.3, 0.4) is 0 Å². The number of aromatic nitrogens is 5. The van der Waals surface area contributed by atoms with E-state index in [2.05, 4.69) is 49.7 Å². The number of ether oxygens (including phenoxy) is 1. The molecule has 2 fully saturated rings. The molecule has 6 rings (SSSR count). The van der Waals surface area contributed by atoms with Crippen molar-refractivity contribution in [3.8, 4) is 22.7 Å². The van der Waals surface area contributed by atoms with Crippen LogP contribution in [0.1, 0.15) is 29.4 Å². The monoisotopic (exact) mass is 464 g/mol. The standard InChI is InChI=1S/C24H22F2N6O2/c25-22(26)24-29-28-23(34-24)16-6-4-15(5-7-16)9-32-12-21(27-30-32)18-3-1-2-17(8-18)19-10-31(11-19)20-13-33-14-20/h1-8,12,19-20,22H,9-11,13-14H2. The van der Waals surface area contributed by atoms with E-state index >= 15 is 0 Å². The van der Waals surface area contributed by atoms with Crippen molar-refractivity contribution in [1.82, 2.24) is 30.1 Å². The molecular weight excluding hydrogens is 442 g/mol. The summed E-state index contributed by atoms with van der Waals surface area (Å²) in [5.74, 6) is -0.0639. The van der Waals surface area contributed by atoms with Crippen LogP contribution in [-0.2, 0) is 11.3 Å². The summed E-state index contributed by atoms with van der Waals surface area (Å²) in [5, 5.41) is 15.7. The maximum absolute atomic E-state index is 12.7. The molecule has 2 saturated heterocycles. The van der Waals surface area contributed by atoms with Gasteiger partial charge in [0.25, 0.3) is 5.89 Å². The Hall–Kier alpha value is -3.50. The molecule has 0 unspecified atom stereocenters. The van der Waals surface area contributed by atoms with Crippen LogP contribution in [-0.4, -0.2) is 62.4 Å². The molecule has 34 heavy (non-hydrogen) atoms. The van der Waals surface area contributed by atoms with E-state index in [4.69, 9.17) is 9.15 Å². The van der Waals surface area contributed by atoms with Crippen molar-refractivity contribution >= 4 is 0 Å². The summed E-state index contributed by atoms with van der Waals surface area (Å²) < 4.78 is 37.4. The van der Waals surface area contributed by atoms with E-state index in [0.717, 1.165) is 43.1 Å². The summed E-state index contributed by atoms with van der Waals surface area (Å²) in [6.45, 7) is 4.39. The van der Waals surface area contributed by atoms with Crippen molar-refractivity contribution in [3.63, 3.8) is 0 Å². The van der Waals surface area contributed by atoms with Crippen LogP contribution in [0.25, 0.3) is 22.7 Å². The van der Waals surface area contributed by atoms with Crippen molar-refractivity contribution in [2.24, 2.45) is 0 Å². The summed E-state index contributed by atoms with van der Waals surface area (Å²) in [7, 11) is 0. The van der Waals surface area contributed by atoms with Crippen LogP contribution in [0.4, 0.5) is 8.78 Å². The molecule has 0 spiro atoms. The molecule has 0 N–H and O–H groups in total. The predicted octanol–water partition coefficient (Wildman–Crippen LogP) is 3.78. The summed E-state index contributed by atoms with van der Waals surface area (Å²) in [6.07, 6.45) is -0.854. The van der Waals surface area contributed by atoms with Gasteiger partial charge in [-0.05, 0) is 29.3 Å². The second-order valence-corrected chi connectivity index (χ2v) is 8.71. The Balaban J connectivity index is 1.11. The lowest BCUT2D eigenvalue weighted by atomic mass is 9.88. The average molecular weight is 464 g/mol. The third kappa shape index (κ3) is 4.10. The van der Waals surface area contributed by atoms with Crippen LogP contribution in [0, 0.1) is 0 Å². The average Bonchev–Trinajstić information content (AvgIpc) is 3.45. The Morgan fingerprint density at radius 2 is 1.79 bits per heavy atom. The summed E-state index contributed by atoms with van der Waals surface area (Å²) in [5.41, 5.74) is 4.77. The predicted molar refractivity (Wildman–Crippen MR) is 118 cm³/mol. The van der Waals surface area contributed by atoms with E-state index in [1.165, 1.54) is 5.56 Å². The second kappa shape index (κ2) is 8.69.